The molecular weight excluding hydrogens is 326 g/mol. The van der Waals surface area contributed by atoms with Crippen molar-refractivity contribution in [3.05, 3.63) is 53.5 Å². The lowest BCUT2D eigenvalue weighted by molar-refractivity contribution is -0.124. The van der Waals surface area contributed by atoms with E-state index in [2.05, 4.69) is 52.0 Å². The van der Waals surface area contributed by atoms with Crippen LogP contribution in [0.15, 0.2) is 36.8 Å². The molecule has 0 spiro atoms. The van der Waals surface area contributed by atoms with E-state index in [1.54, 1.807) is 4.68 Å². The Morgan fingerprint density at radius 2 is 2.27 bits per heavy atom. The third-order valence-electron chi connectivity index (χ3n) is 5.41. The number of aryl methyl sites for hydroxylation is 2. The first-order valence-electron chi connectivity index (χ1n) is 9.16. The van der Waals surface area contributed by atoms with Crippen molar-refractivity contribution in [3.63, 3.8) is 0 Å². The molecule has 1 amide bonds. The van der Waals surface area contributed by atoms with Crippen molar-refractivity contribution in [2.75, 3.05) is 19.6 Å². The second-order valence-electron chi connectivity index (χ2n) is 7.17. The first kappa shape index (κ1) is 16.8. The van der Waals surface area contributed by atoms with Gasteiger partial charge in [-0.3, -0.25) is 9.48 Å². The zero-order valence-electron chi connectivity index (χ0n) is 15.2. The van der Waals surface area contributed by atoms with Gasteiger partial charge in [0.2, 0.25) is 5.91 Å². The molecular formula is C20H25N5O. The summed E-state index contributed by atoms with van der Waals surface area (Å²) in [6.07, 6.45) is 6.75. The van der Waals surface area contributed by atoms with Gasteiger partial charge >= 0.3 is 0 Å². The molecule has 0 unspecified atom stereocenters. The highest BCUT2D eigenvalue weighted by atomic mass is 16.1. The molecule has 0 aliphatic carbocycles. The topological polar surface area (TPSA) is 74.7 Å². The summed E-state index contributed by atoms with van der Waals surface area (Å²) in [7, 11) is 1.91. The van der Waals surface area contributed by atoms with Gasteiger partial charge in [-0.05, 0) is 30.0 Å². The van der Waals surface area contributed by atoms with Crippen LogP contribution in [0.3, 0.4) is 0 Å². The summed E-state index contributed by atoms with van der Waals surface area (Å²) in [5.41, 5.74) is 4.81. The zero-order valence-corrected chi connectivity index (χ0v) is 15.2. The van der Waals surface area contributed by atoms with Gasteiger partial charge in [-0.1, -0.05) is 18.2 Å². The predicted octanol–water partition coefficient (Wildman–Crippen LogP) is 1.87. The highest BCUT2D eigenvalue weighted by molar-refractivity contribution is 5.86. The number of aromatic nitrogens is 3. The Morgan fingerprint density at radius 1 is 1.38 bits per heavy atom. The van der Waals surface area contributed by atoms with Crippen LogP contribution in [0.2, 0.25) is 0 Å². The summed E-state index contributed by atoms with van der Waals surface area (Å²) < 4.78 is 1.79. The maximum Gasteiger partial charge on any atom is 0.225 e. The second kappa shape index (κ2) is 6.96. The van der Waals surface area contributed by atoms with Crippen LogP contribution in [0.1, 0.15) is 22.6 Å². The van der Waals surface area contributed by atoms with Gasteiger partial charge in [-0.25, -0.2) is 0 Å². The van der Waals surface area contributed by atoms with E-state index in [4.69, 9.17) is 0 Å². The maximum atomic E-state index is 12.7. The summed E-state index contributed by atoms with van der Waals surface area (Å²) in [6, 6.07) is 6.32. The summed E-state index contributed by atoms with van der Waals surface area (Å²) >= 11 is 0. The largest absolute Gasteiger partial charge is 0.361 e. The molecule has 3 N–H and O–H groups in total. The first-order valence-corrected chi connectivity index (χ1v) is 9.16. The highest BCUT2D eigenvalue weighted by Gasteiger charge is 2.34. The average molecular weight is 351 g/mol. The lowest BCUT2D eigenvalue weighted by Gasteiger charge is -2.17. The molecule has 4 rings (SSSR count). The molecule has 6 heteroatoms. The van der Waals surface area contributed by atoms with Crippen molar-refractivity contribution >= 4 is 16.8 Å². The van der Waals surface area contributed by atoms with Gasteiger partial charge < -0.3 is 15.6 Å². The van der Waals surface area contributed by atoms with Crippen molar-refractivity contribution in [2.45, 2.75) is 19.3 Å². The van der Waals surface area contributed by atoms with Crippen molar-refractivity contribution in [1.29, 1.82) is 0 Å². The standard InChI is InChI=1S/C20H25N5O/c1-13-4-3-5-16-14(8-23-19(13)16)6-7-22-20(26)18-11-21-10-17(18)15-9-24-25(2)12-15/h3-5,8-9,12,17-18,21,23H,6-7,10-11H2,1-2H3,(H,22,26)/t17-,18+/m1/s1. The molecule has 0 radical (unpaired) electrons. The monoisotopic (exact) mass is 351 g/mol. The molecule has 136 valence electrons. The fraction of sp³-hybridized carbons (Fsp3) is 0.400. The molecule has 3 aromatic rings. The normalized spacial score (nSPS) is 19.9. The molecule has 1 aliphatic heterocycles. The van der Waals surface area contributed by atoms with Crippen LogP contribution < -0.4 is 10.6 Å². The van der Waals surface area contributed by atoms with Gasteiger partial charge in [0.1, 0.15) is 0 Å². The Balaban J connectivity index is 1.38. The average Bonchev–Trinajstić information content (AvgIpc) is 3.34. The molecule has 2 aromatic heterocycles. The molecule has 1 saturated heterocycles. The molecule has 2 atom stereocenters. The van der Waals surface area contributed by atoms with Crippen LogP contribution in [0, 0.1) is 12.8 Å². The minimum Gasteiger partial charge on any atom is -0.361 e. The predicted molar refractivity (Wildman–Crippen MR) is 102 cm³/mol. The van der Waals surface area contributed by atoms with Gasteiger partial charge in [0.25, 0.3) is 0 Å². The van der Waals surface area contributed by atoms with E-state index in [0.29, 0.717) is 6.54 Å². The SMILES string of the molecule is Cc1cccc2c(CCNC(=O)[C@H]3CNC[C@@H]3c3cnn(C)c3)c[nH]c12. The van der Waals surface area contributed by atoms with Gasteiger partial charge in [0, 0.05) is 55.9 Å². The number of carbonyl (C=O) groups is 1. The van der Waals surface area contributed by atoms with E-state index in [-0.39, 0.29) is 17.7 Å². The van der Waals surface area contributed by atoms with E-state index in [1.807, 2.05) is 19.4 Å². The molecule has 6 nitrogen and oxygen atoms in total. The summed E-state index contributed by atoms with van der Waals surface area (Å²) in [5.74, 6) is 0.281. The van der Waals surface area contributed by atoms with E-state index < -0.39 is 0 Å². The molecule has 0 bridgehead atoms. The van der Waals surface area contributed by atoms with E-state index in [0.717, 1.165) is 25.1 Å². The van der Waals surface area contributed by atoms with Crippen molar-refractivity contribution < 1.29 is 4.79 Å². The number of H-pyrrole nitrogens is 1. The van der Waals surface area contributed by atoms with Crippen LogP contribution in [0.5, 0.6) is 0 Å². The Kier molecular flexibility index (Phi) is 4.51. The summed E-state index contributed by atoms with van der Waals surface area (Å²) in [6.45, 7) is 4.30. The number of nitrogens with one attached hydrogen (secondary N) is 3. The van der Waals surface area contributed by atoms with Gasteiger partial charge in [-0.15, -0.1) is 0 Å². The summed E-state index contributed by atoms with van der Waals surface area (Å²) in [5, 5.41) is 12.0. The van der Waals surface area contributed by atoms with Crippen molar-refractivity contribution in [1.82, 2.24) is 25.4 Å². The number of nitrogens with zero attached hydrogens (tertiary/aromatic N) is 2. The molecule has 3 heterocycles. The Labute approximate surface area is 153 Å². The smallest absolute Gasteiger partial charge is 0.225 e. The minimum absolute atomic E-state index is 0.0376. The van der Waals surface area contributed by atoms with Crippen LogP contribution in [0.25, 0.3) is 10.9 Å². The van der Waals surface area contributed by atoms with E-state index >= 15 is 0 Å². The number of fused-ring (bicyclic) bond motifs is 1. The van der Waals surface area contributed by atoms with Gasteiger partial charge in [-0.2, -0.15) is 5.10 Å². The first-order chi connectivity index (χ1) is 12.6. The molecule has 1 fully saturated rings. The Hall–Kier alpha value is -2.60. The fourth-order valence-electron chi connectivity index (χ4n) is 3.96. The van der Waals surface area contributed by atoms with Gasteiger partial charge in [0.05, 0.1) is 12.1 Å². The number of hydrogen-bond donors (Lipinski definition) is 3. The molecule has 1 aliphatic rings. The zero-order chi connectivity index (χ0) is 18.1. The quantitative estimate of drug-likeness (QED) is 0.657. The maximum absolute atomic E-state index is 12.7. The summed E-state index contributed by atoms with van der Waals surface area (Å²) in [4.78, 5) is 16.0. The van der Waals surface area contributed by atoms with E-state index in [9.17, 15) is 4.79 Å². The Bertz CT molecular complexity index is 925. The third kappa shape index (κ3) is 3.12. The number of rotatable bonds is 5. The van der Waals surface area contributed by atoms with Crippen LogP contribution >= 0.6 is 0 Å². The number of carbonyl (C=O) groups excluding carboxylic acids is 1. The second-order valence-corrected chi connectivity index (χ2v) is 7.17. The van der Waals surface area contributed by atoms with Crippen LogP contribution in [-0.4, -0.2) is 40.3 Å². The highest BCUT2D eigenvalue weighted by Crippen LogP contribution is 2.28. The lowest BCUT2D eigenvalue weighted by atomic mass is 9.90. The number of para-hydroxylation sites is 1. The van der Waals surface area contributed by atoms with E-state index in [1.165, 1.54) is 22.0 Å². The minimum atomic E-state index is -0.0376. The van der Waals surface area contributed by atoms with Crippen LogP contribution in [-0.2, 0) is 18.3 Å². The van der Waals surface area contributed by atoms with Crippen molar-refractivity contribution in [3.8, 4) is 0 Å². The molecule has 0 saturated carbocycles. The third-order valence-corrected chi connectivity index (χ3v) is 5.41. The number of benzene rings is 1. The van der Waals surface area contributed by atoms with Gasteiger partial charge in [0.15, 0.2) is 0 Å². The number of hydrogen-bond acceptors (Lipinski definition) is 3. The number of aromatic amines is 1. The molecule has 1 aromatic carbocycles. The lowest BCUT2D eigenvalue weighted by Crippen LogP contribution is -2.35. The fourth-order valence-corrected chi connectivity index (χ4v) is 3.96. The van der Waals surface area contributed by atoms with Crippen molar-refractivity contribution in [2.24, 2.45) is 13.0 Å². The van der Waals surface area contributed by atoms with Crippen LogP contribution in [0.4, 0.5) is 0 Å². The Morgan fingerprint density at radius 3 is 3.08 bits per heavy atom. The number of amides is 1. The molecule has 26 heavy (non-hydrogen) atoms.